The predicted molar refractivity (Wildman–Crippen MR) is 56.5 cm³/mol. The van der Waals surface area contributed by atoms with Crippen LogP contribution in [-0.4, -0.2) is 33.9 Å². The number of hydrogen-bond acceptors (Lipinski definition) is 3. The molecule has 5 heteroatoms. The van der Waals surface area contributed by atoms with Crippen LogP contribution in [0.2, 0.25) is 0 Å². The van der Waals surface area contributed by atoms with Crippen molar-refractivity contribution in [3.63, 3.8) is 0 Å². The van der Waals surface area contributed by atoms with E-state index in [1.807, 2.05) is 13.8 Å². The van der Waals surface area contributed by atoms with E-state index in [2.05, 4.69) is 15.5 Å². The highest BCUT2D eigenvalue weighted by atomic mass is 16.3. The van der Waals surface area contributed by atoms with E-state index in [1.165, 1.54) is 0 Å². The first-order valence-corrected chi connectivity index (χ1v) is 4.96. The highest BCUT2D eigenvalue weighted by molar-refractivity contribution is 5.79. The van der Waals surface area contributed by atoms with E-state index >= 15 is 0 Å². The van der Waals surface area contributed by atoms with E-state index in [0.717, 1.165) is 17.0 Å². The minimum absolute atomic E-state index is 0.0940. The average molecular weight is 211 g/mol. The van der Waals surface area contributed by atoms with Gasteiger partial charge in [0.2, 0.25) is 5.91 Å². The fourth-order valence-electron chi connectivity index (χ4n) is 1.32. The summed E-state index contributed by atoms with van der Waals surface area (Å²) in [5.74, 6) is -0.0940. The molecule has 1 heterocycles. The van der Waals surface area contributed by atoms with Gasteiger partial charge in [0.25, 0.3) is 0 Å². The monoisotopic (exact) mass is 211 g/mol. The summed E-state index contributed by atoms with van der Waals surface area (Å²) in [7, 11) is 0. The molecule has 0 spiro atoms. The van der Waals surface area contributed by atoms with Crippen molar-refractivity contribution in [2.45, 2.75) is 33.3 Å². The Morgan fingerprint density at radius 3 is 2.73 bits per heavy atom. The number of hydrogen-bond donors (Lipinski definition) is 3. The van der Waals surface area contributed by atoms with Crippen LogP contribution in [0.3, 0.4) is 0 Å². The molecule has 5 nitrogen and oxygen atoms in total. The second-order valence-electron chi connectivity index (χ2n) is 3.74. The number of aliphatic hydroxyl groups is 1. The minimum atomic E-state index is -0.513. The van der Waals surface area contributed by atoms with Crippen LogP contribution in [0.25, 0.3) is 0 Å². The molecule has 1 aromatic heterocycles. The van der Waals surface area contributed by atoms with Gasteiger partial charge in [0.1, 0.15) is 0 Å². The lowest BCUT2D eigenvalue weighted by Crippen LogP contribution is -2.31. The fraction of sp³-hybridized carbons (Fsp3) is 0.600. The maximum absolute atomic E-state index is 11.5. The molecule has 1 amide bonds. The molecule has 0 saturated heterocycles. The number of carbonyl (C=O) groups excluding carboxylic acids is 1. The maximum Gasteiger partial charge on any atom is 0.224 e. The van der Waals surface area contributed by atoms with Gasteiger partial charge in [0, 0.05) is 17.8 Å². The zero-order valence-electron chi connectivity index (χ0n) is 9.29. The summed E-state index contributed by atoms with van der Waals surface area (Å²) in [4.78, 5) is 11.5. The van der Waals surface area contributed by atoms with Crippen LogP contribution in [0.1, 0.15) is 23.9 Å². The summed E-state index contributed by atoms with van der Waals surface area (Å²) in [6.07, 6.45) is -0.207. The number of rotatable bonds is 4. The van der Waals surface area contributed by atoms with Crippen LogP contribution in [0.5, 0.6) is 0 Å². The number of carbonyl (C=O) groups is 1. The van der Waals surface area contributed by atoms with Crippen LogP contribution in [0.15, 0.2) is 0 Å². The van der Waals surface area contributed by atoms with Gasteiger partial charge in [-0.25, -0.2) is 0 Å². The quantitative estimate of drug-likeness (QED) is 0.659. The van der Waals surface area contributed by atoms with Crippen molar-refractivity contribution < 1.29 is 9.90 Å². The first-order chi connectivity index (χ1) is 7.00. The van der Waals surface area contributed by atoms with Gasteiger partial charge in [-0.15, -0.1) is 0 Å². The Bertz CT molecular complexity index is 325. The van der Waals surface area contributed by atoms with E-state index in [4.69, 9.17) is 5.11 Å². The molecule has 0 bridgehead atoms. The van der Waals surface area contributed by atoms with Crippen molar-refractivity contribution in [2.24, 2.45) is 0 Å². The predicted octanol–water partition coefficient (Wildman–Crippen LogP) is 0.0660. The van der Waals surface area contributed by atoms with Gasteiger partial charge in [-0.2, -0.15) is 5.10 Å². The second kappa shape index (κ2) is 4.93. The molecule has 1 rings (SSSR count). The maximum atomic E-state index is 11.5. The Labute approximate surface area is 88.9 Å². The average Bonchev–Trinajstić information content (AvgIpc) is 2.46. The Balaban J connectivity index is 2.51. The summed E-state index contributed by atoms with van der Waals surface area (Å²) >= 11 is 0. The van der Waals surface area contributed by atoms with Gasteiger partial charge < -0.3 is 10.4 Å². The van der Waals surface area contributed by atoms with Crippen molar-refractivity contribution >= 4 is 5.91 Å². The molecule has 0 aliphatic rings. The summed E-state index contributed by atoms with van der Waals surface area (Å²) in [5, 5.41) is 18.5. The van der Waals surface area contributed by atoms with Gasteiger partial charge in [0.05, 0.1) is 18.2 Å². The van der Waals surface area contributed by atoms with Gasteiger partial charge in [-0.1, -0.05) is 0 Å². The molecule has 0 saturated carbocycles. The van der Waals surface area contributed by atoms with Gasteiger partial charge in [-0.3, -0.25) is 9.89 Å². The van der Waals surface area contributed by atoms with Crippen LogP contribution in [0.4, 0.5) is 0 Å². The third-order valence-electron chi connectivity index (χ3n) is 2.21. The highest BCUT2D eigenvalue weighted by Crippen LogP contribution is 2.09. The molecule has 15 heavy (non-hydrogen) atoms. The minimum Gasteiger partial charge on any atom is -0.392 e. The lowest BCUT2D eigenvalue weighted by Gasteiger charge is -2.06. The van der Waals surface area contributed by atoms with Crippen molar-refractivity contribution in [3.8, 4) is 0 Å². The van der Waals surface area contributed by atoms with Gasteiger partial charge in [-0.05, 0) is 20.8 Å². The largest absolute Gasteiger partial charge is 0.392 e. The normalized spacial score (nSPS) is 12.5. The molecule has 3 N–H and O–H groups in total. The zero-order valence-corrected chi connectivity index (χ0v) is 9.29. The topological polar surface area (TPSA) is 78.0 Å². The van der Waals surface area contributed by atoms with Crippen LogP contribution < -0.4 is 5.32 Å². The van der Waals surface area contributed by atoms with Crippen LogP contribution in [0, 0.1) is 13.8 Å². The van der Waals surface area contributed by atoms with Crippen molar-refractivity contribution in [1.82, 2.24) is 15.5 Å². The van der Waals surface area contributed by atoms with Gasteiger partial charge >= 0.3 is 0 Å². The van der Waals surface area contributed by atoms with Gasteiger partial charge in [0.15, 0.2) is 0 Å². The first-order valence-electron chi connectivity index (χ1n) is 4.96. The summed E-state index contributed by atoms with van der Waals surface area (Å²) in [6.45, 7) is 5.67. The molecule has 0 aliphatic heterocycles. The third-order valence-corrected chi connectivity index (χ3v) is 2.21. The molecule has 1 atom stereocenters. The molecule has 0 radical (unpaired) electrons. The molecule has 0 aliphatic carbocycles. The van der Waals surface area contributed by atoms with Crippen molar-refractivity contribution in [2.75, 3.05) is 6.54 Å². The number of aliphatic hydroxyl groups excluding tert-OH is 1. The molecular weight excluding hydrogens is 194 g/mol. The SMILES string of the molecule is Cc1n[nH]c(C)c1CC(=O)NC[C@@H](C)O. The Hall–Kier alpha value is -1.36. The number of aromatic nitrogens is 2. The number of aromatic amines is 1. The molecule has 1 aromatic rings. The Morgan fingerprint density at radius 2 is 2.27 bits per heavy atom. The van der Waals surface area contributed by atoms with E-state index in [0.29, 0.717) is 6.42 Å². The van der Waals surface area contributed by atoms with Crippen LogP contribution >= 0.6 is 0 Å². The number of nitrogens with zero attached hydrogens (tertiary/aromatic N) is 1. The summed E-state index contributed by atoms with van der Waals surface area (Å²) in [5.41, 5.74) is 2.69. The molecule has 0 unspecified atom stereocenters. The second-order valence-corrected chi connectivity index (χ2v) is 3.74. The number of H-pyrrole nitrogens is 1. The molecule has 84 valence electrons. The van der Waals surface area contributed by atoms with Crippen molar-refractivity contribution in [1.29, 1.82) is 0 Å². The Kier molecular flexibility index (Phi) is 3.85. The molecular formula is C10H17N3O2. The standard InChI is InChI=1S/C10H17N3O2/c1-6(14)5-11-10(15)4-9-7(2)12-13-8(9)3/h6,14H,4-5H2,1-3H3,(H,11,15)(H,12,13)/t6-/m1/s1. The third kappa shape index (κ3) is 3.36. The number of nitrogens with one attached hydrogen (secondary N) is 2. The summed E-state index contributed by atoms with van der Waals surface area (Å²) < 4.78 is 0. The van der Waals surface area contributed by atoms with Crippen LogP contribution in [-0.2, 0) is 11.2 Å². The number of aryl methyl sites for hydroxylation is 2. The summed E-state index contributed by atoms with van der Waals surface area (Å²) in [6, 6.07) is 0. The molecule has 0 aromatic carbocycles. The van der Waals surface area contributed by atoms with E-state index < -0.39 is 6.10 Å². The Morgan fingerprint density at radius 1 is 1.60 bits per heavy atom. The zero-order chi connectivity index (χ0) is 11.4. The van der Waals surface area contributed by atoms with E-state index in [9.17, 15) is 4.79 Å². The smallest absolute Gasteiger partial charge is 0.224 e. The van der Waals surface area contributed by atoms with E-state index in [-0.39, 0.29) is 12.5 Å². The highest BCUT2D eigenvalue weighted by Gasteiger charge is 2.11. The van der Waals surface area contributed by atoms with E-state index in [1.54, 1.807) is 6.92 Å². The molecule has 0 fully saturated rings. The number of amides is 1. The lowest BCUT2D eigenvalue weighted by atomic mass is 10.1. The van der Waals surface area contributed by atoms with Crippen molar-refractivity contribution in [3.05, 3.63) is 17.0 Å². The first kappa shape index (κ1) is 11.7. The lowest BCUT2D eigenvalue weighted by molar-refractivity contribution is -0.120. The fourth-order valence-corrected chi connectivity index (χ4v) is 1.32.